The van der Waals surface area contributed by atoms with Gasteiger partial charge in [-0.15, -0.1) is 0 Å². The van der Waals surface area contributed by atoms with Crippen LogP contribution in [-0.4, -0.2) is 39.3 Å². The number of aromatic hydroxyl groups is 1. The second-order valence-corrected chi connectivity index (χ2v) is 6.12. The molecule has 0 aromatic heterocycles. The number of rotatable bonds is 6. The van der Waals surface area contributed by atoms with Crippen LogP contribution in [0.3, 0.4) is 0 Å². The van der Waals surface area contributed by atoms with Crippen LogP contribution in [0.5, 0.6) is 28.7 Å². The predicted molar refractivity (Wildman–Crippen MR) is 101 cm³/mol. The average Bonchev–Trinajstić information content (AvgIpc) is 3.17. The molecule has 1 heterocycles. The molecular formula is C19H20ClNO6. The maximum absolute atomic E-state index is 10.4. The van der Waals surface area contributed by atoms with Crippen molar-refractivity contribution in [2.75, 3.05) is 28.4 Å². The number of methoxy groups -OCH3 is 4. The van der Waals surface area contributed by atoms with E-state index >= 15 is 0 Å². The van der Waals surface area contributed by atoms with E-state index in [9.17, 15) is 5.11 Å². The molecule has 0 bridgehead atoms. The summed E-state index contributed by atoms with van der Waals surface area (Å²) in [4.78, 5) is 5.57. The van der Waals surface area contributed by atoms with Crippen molar-refractivity contribution in [3.8, 4) is 28.7 Å². The molecule has 144 valence electrons. The highest BCUT2D eigenvalue weighted by Gasteiger charge is 2.32. The Hall–Kier alpha value is -2.80. The van der Waals surface area contributed by atoms with Gasteiger partial charge < -0.3 is 28.9 Å². The summed E-state index contributed by atoms with van der Waals surface area (Å²) >= 11 is 6.38. The fourth-order valence-electron chi connectivity index (χ4n) is 3.02. The molecule has 0 radical (unpaired) electrons. The molecule has 1 aliphatic rings. The van der Waals surface area contributed by atoms with Gasteiger partial charge in [-0.3, -0.25) is 0 Å². The van der Waals surface area contributed by atoms with Crippen molar-refractivity contribution in [3.63, 3.8) is 0 Å². The van der Waals surface area contributed by atoms with Crippen LogP contribution < -0.4 is 18.9 Å². The zero-order valence-corrected chi connectivity index (χ0v) is 16.2. The summed E-state index contributed by atoms with van der Waals surface area (Å²) < 4.78 is 21.4. The Balaban J connectivity index is 1.99. The number of halogens is 1. The first kappa shape index (κ1) is 19.0. The highest BCUT2D eigenvalue weighted by Crippen LogP contribution is 2.46. The number of hydrogen-bond donors (Lipinski definition) is 1. The molecule has 2 aromatic carbocycles. The zero-order chi connectivity index (χ0) is 19.6. The van der Waals surface area contributed by atoms with E-state index in [1.165, 1.54) is 28.4 Å². The summed E-state index contributed by atoms with van der Waals surface area (Å²) in [6.45, 7) is 0. The Bertz CT molecular complexity index is 883. The van der Waals surface area contributed by atoms with Crippen LogP contribution in [0, 0.1) is 0 Å². The van der Waals surface area contributed by atoms with Crippen LogP contribution in [0.2, 0.25) is 5.02 Å². The van der Waals surface area contributed by atoms with E-state index < -0.39 is 6.10 Å². The first-order valence-electron chi connectivity index (χ1n) is 8.13. The molecule has 1 unspecified atom stereocenters. The normalized spacial score (nSPS) is 15.7. The van der Waals surface area contributed by atoms with Gasteiger partial charge in [0.1, 0.15) is 16.5 Å². The van der Waals surface area contributed by atoms with Gasteiger partial charge in [-0.2, -0.15) is 0 Å². The van der Waals surface area contributed by atoms with E-state index in [0.717, 1.165) is 0 Å². The topological polar surface area (TPSA) is 78.7 Å². The summed E-state index contributed by atoms with van der Waals surface area (Å²) in [5.74, 6) is 1.69. The maximum atomic E-state index is 10.4. The lowest BCUT2D eigenvalue weighted by molar-refractivity contribution is 0.0834. The largest absolute Gasteiger partial charge is 0.504 e. The molecule has 0 aliphatic carbocycles. The molecule has 1 atom stereocenters. The number of benzene rings is 2. The number of oxime groups is 1. The van der Waals surface area contributed by atoms with Crippen molar-refractivity contribution in [3.05, 3.63) is 40.4 Å². The Morgan fingerprint density at radius 1 is 1.04 bits per heavy atom. The van der Waals surface area contributed by atoms with Gasteiger partial charge in [0.2, 0.25) is 0 Å². The first-order chi connectivity index (χ1) is 13.0. The molecule has 1 aliphatic heterocycles. The lowest BCUT2D eigenvalue weighted by atomic mass is 9.98. The number of phenolic OH excluding ortho intramolecular Hbond substituents is 1. The fraction of sp³-hybridized carbons (Fsp3) is 0.316. The van der Waals surface area contributed by atoms with Gasteiger partial charge in [-0.05, 0) is 6.07 Å². The minimum Gasteiger partial charge on any atom is -0.504 e. The molecule has 0 amide bonds. The summed E-state index contributed by atoms with van der Waals surface area (Å²) in [5, 5.41) is 14.9. The molecule has 3 rings (SSSR count). The molecule has 0 saturated heterocycles. The van der Waals surface area contributed by atoms with E-state index in [-0.39, 0.29) is 5.75 Å². The lowest BCUT2D eigenvalue weighted by Gasteiger charge is -2.17. The van der Waals surface area contributed by atoms with Crippen LogP contribution in [0.4, 0.5) is 0 Å². The number of phenols is 1. The molecule has 0 spiro atoms. The standard InChI is InChI=1S/C19H20ClNO6/c1-23-12-7-5-6-10(18(12)22)13-8-11(21-27-13)16-14(24-2)9-15(25-3)17(20)19(16)26-4/h5-7,9,13,22H,8H2,1-4H3. The Labute approximate surface area is 162 Å². The van der Waals surface area contributed by atoms with Gasteiger partial charge >= 0.3 is 0 Å². The highest BCUT2D eigenvalue weighted by molar-refractivity contribution is 6.34. The van der Waals surface area contributed by atoms with Crippen LogP contribution in [0.25, 0.3) is 0 Å². The Morgan fingerprint density at radius 2 is 1.74 bits per heavy atom. The fourth-order valence-corrected chi connectivity index (χ4v) is 3.32. The van der Waals surface area contributed by atoms with Gasteiger partial charge in [0.25, 0.3) is 0 Å². The molecular weight excluding hydrogens is 374 g/mol. The van der Waals surface area contributed by atoms with Crippen molar-refractivity contribution >= 4 is 17.3 Å². The van der Waals surface area contributed by atoms with Gasteiger partial charge in [-0.25, -0.2) is 0 Å². The molecule has 2 aromatic rings. The third kappa shape index (κ3) is 3.30. The summed E-state index contributed by atoms with van der Waals surface area (Å²) in [6.07, 6.45) is -0.0961. The van der Waals surface area contributed by atoms with Crippen molar-refractivity contribution in [1.29, 1.82) is 0 Å². The van der Waals surface area contributed by atoms with Crippen molar-refractivity contribution in [1.82, 2.24) is 0 Å². The van der Waals surface area contributed by atoms with Crippen LogP contribution >= 0.6 is 11.6 Å². The van der Waals surface area contributed by atoms with E-state index in [1.54, 1.807) is 24.3 Å². The lowest BCUT2D eigenvalue weighted by Crippen LogP contribution is -2.07. The van der Waals surface area contributed by atoms with Crippen molar-refractivity contribution in [2.45, 2.75) is 12.5 Å². The third-order valence-electron chi connectivity index (χ3n) is 4.35. The van der Waals surface area contributed by atoms with E-state index in [4.69, 9.17) is 35.4 Å². The van der Waals surface area contributed by atoms with Gasteiger partial charge in [0.05, 0.1) is 39.7 Å². The minimum absolute atomic E-state index is 0.0214. The number of hydrogen-bond acceptors (Lipinski definition) is 7. The van der Waals surface area contributed by atoms with E-state index in [1.807, 2.05) is 0 Å². The molecule has 7 nitrogen and oxygen atoms in total. The van der Waals surface area contributed by atoms with Gasteiger partial charge in [0.15, 0.2) is 23.4 Å². The van der Waals surface area contributed by atoms with Crippen molar-refractivity contribution < 1.29 is 28.9 Å². The minimum atomic E-state index is -0.481. The third-order valence-corrected chi connectivity index (χ3v) is 4.71. The van der Waals surface area contributed by atoms with E-state index in [0.29, 0.717) is 51.3 Å². The molecule has 27 heavy (non-hydrogen) atoms. The smallest absolute Gasteiger partial charge is 0.164 e. The number of para-hydroxylation sites is 1. The molecule has 0 saturated carbocycles. The quantitative estimate of drug-likeness (QED) is 0.800. The molecule has 8 heteroatoms. The monoisotopic (exact) mass is 393 g/mol. The SMILES string of the molecule is COc1cccc(C2CC(c3c(OC)cc(OC)c(Cl)c3OC)=NO2)c1O. The van der Waals surface area contributed by atoms with Gasteiger partial charge in [-0.1, -0.05) is 28.9 Å². The Morgan fingerprint density at radius 3 is 2.37 bits per heavy atom. The number of nitrogens with zero attached hydrogens (tertiary/aromatic N) is 1. The number of ether oxygens (including phenoxy) is 4. The van der Waals surface area contributed by atoms with Crippen LogP contribution in [0.1, 0.15) is 23.7 Å². The summed E-state index contributed by atoms with van der Waals surface area (Å²) in [6, 6.07) is 6.88. The summed E-state index contributed by atoms with van der Waals surface area (Å²) in [5.41, 5.74) is 1.74. The van der Waals surface area contributed by atoms with Crippen LogP contribution in [0.15, 0.2) is 29.4 Å². The average molecular weight is 394 g/mol. The second kappa shape index (κ2) is 7.84. The van der Waals surface area contributed by atoms with E-state index in [2.05, 4.69) is 5.16 Å². The summed E-state index contributed by atoms with van der Waals surface area (Å²) in [7, 11) is 6.04. The van der Waals surface area contributed by atoms with Crippen LogP contribution in [-0.2, 0) is 4.84 Å². The molecule has 1 N–H and O–H groups in total. The first-order valence-corrected chi connectivity index (χ1v) is 8.50. The highest BCUT2D eigenvalue weighted by atomic mass is 35.5. The Kier molecular flexibility index (Phi) is 5.51. The zero-order valence-electron chi connectivity index (χ0n) is 15.4. The predicted octanol–water partition coefficient (Wildman–Crippen LogP) is 3.95. The maximum Gasteiger partial charge on any atom is 0.164 e. The van der Waals surface area contributed by atoms with Gasteiger partial charge in [0, 0.05) is 18.1 Å². The second-order valence-electron chi connectivity index (χ2n) is 5.74. The van der Waals surface area contributed by atoms with Crippen molar-refractivity contribution in [2.24, 2.45) is 5.16 Å². The molecule has 0 fully saturated rings.